The smallest absolute Gasteiger partial charge is 0.253 e. The van der Waals surface area contributed by atoms with Crippen LogP contribution >= 0.6 is 0 Å². The average molecular weight is 349 g/mol. The zero-order valence-electron chi connectivity index (χ0n) is 13.3. The first kappa shape index (κ1) is 17.9. The van der Waals surface area contributed by atoms with Crippen LogP contribution < -0.4 is 10.9 Å². The summed E-state index contributed by atoms with van der Waals surface area (Å²) in [5, 5.41) is 2.61. The lowest BCUT2D eigenvalue weighted by Crippen LogP contribution is -2.31. The molecule has 2 rings (SSSR count). The number of hydrogen-bond acceptors (Lipinski definition) is 5. The fraction of sp³-hybridized carbons (Fsp3) is 0.312. The number of aromatic nitrogens is 2. The van der Waals surface area contributed by atoms with Gasteiger partial charge in [-0.3, -0.25) is 14.2 Å². The molecular formula is C16H19N3O4S. The van der Waals surface area contributed by atoms with E-state index in [9.17, 15) is 18.0 Å². The van der Waals surface area contributed by atoms with Crippen LogP contribution in [0.25, 0.3) is 0 Å². The fourth-order valence-electron chi connectivity index (χ4n) is 2.06. The lowest BCUT2D eigenvalue weighted by atomic mass is 10.4. The molecule has 0 aliphatic rings. The van der Waals surface area contributed by atoms with Crippen LogP contribution in [0.15, 0.2) is 52.4 Å². The minimum Gasteiger partial charge on any atom is -0.354 e. The summed E-state index contributed by atoms with van der Waals surface area (Å²) in [5.41, 5.74) is 0.440. The van der Waals surface area contributed by atoms with E-state index >= 15 is 0 Å². The van der Waals surface area contributed by atoms with Crippen LogP contribution in [0, 0.1) is 6.92 Å². The lowest BCUT2D eigenvalue weighted by molar-refractivity contribution is -0.120. The highest BCUT2D eigenvalue weighted by atomic mass is 32.2. The highest BCUT2D eigenvalue weighted by molar-refractivity contribution is 7.91. The Morgan fingerprint density at radius 3 is 2.62 bits per heavy atom. The summed E-state index contributed by atoms with van der Waals surface area (Å²) in [6.07, 6.45) is 1.29. The Morgan fingerprint density at radius 2 is 1.96 bits per heavy atom. The van der Waals surface area contributed by atoms with E-state index in [1.807, 2.05) is 0 Å². The Bertz CT molecular complexity index is 860. The third-order valence-electron chi connectivity index (χ3n) is 3.39. The van der Waals surface area contributed by atoms with Crippen molar-refractivity contribution >= 4 is 15.7 Å². The quantitative estimate of drug-likeness (QED) is 0.786. The van der Waals surface area contributed by atoms with Gasteiger partial charge < -0.3 is 5.32 Å². The predicted molar refractivity (Wildman–Crippen MR) is 89.4 cm³/mol. The van der Waals surface area contributed by atoms with E-state index in [-0.39, 0.29) is 41.6 Å². The number of nitrogens with one attached hydrogen (secondary N) is 1. The molecule has 0 aliphatic carbocycles. The van der Waals surface area contributed by atoms with Crippen molar-refractivity contribution in [3.63, 3.8) is 0 Å². The van der Waals surface area contributed by atoms with Gasteiger partial charge in [0.1, 0.15) is 0 Å². The number of amides is 1. The minimum atomic E-state index is -3.47. The first-order valence-electron chi connectivity index (χ1n) is 7.46. The van der Waals surface area contributed by atoms with E-state index in [2.05, 4.69) is 10.3 Å². The second kappa shape index (κ2) is 7.87. The SMILES string of the molecule is Cc1cc(=O)n(CCNC(=O)CCS(=O)(=O)c2ccccc2)cn1. The van der Waals surface area contributed by atoms with Crippen molar-refractivity contribution in [1.82, 2.24) is 14.9 Å². The van der Waals surface area contributed by atoms with Gasteiger partial charge in [0.15, 0.2) is 9.84 Å². The molecular weight excluding hydrogens is 330 g/mol. The summed E-state index contributed by atoms with van der Waals surface area (Å²) in [6.45, 7) is 2.23. The summed E-state index contributed by atoms with van der Waals surface area (Å²) in [4.78, 5) is 27.6. The van der Waals surface area contributed by atoms with Gasteiger partial charge in [0.05, 0.1) is 17.0 Å². The summed E-state index contributed by atoms with van der Waals surface area (Å²) >= 11 is 0. The maximum absolute atomic E-state index is 12.1. The van der Waals surface area contributed by atoms with Gasteiger partial charge in [0.25, 0.3) is 5.56 Å². The molecule has 1 N–H and O–H groups in total. The van der Waals surface area contributed by atoms with Crippen molar-refractivity contribution < 1.29 is 13.2 Å². The Balaban J connectivity index is 1.80. The molecule has 1 aromatic heterocycles. The van der Waals surface area contributed by atoms with Gasteiger partial charge in [-0.1, -0.05) is 18.2 Å². The molecule has 1 heterocycles. The van der Waals surface area contributed by atoms with E-state index in [0.717, 1.165) is 0 Å². The molecule has 0 saturated heterocycles. The molecule has 0 atom stereocenters. The lowest BCUT2D eigenvalue weighted by Gasteiger charge is -2.08. The summed E-state index contributed by atoms with van der Waals surface area (Å²) in [6, 6.07) is 9.43. The van der Waals surface area contributed by atoms with E-state index in [4.69, 9.17) is 0 Å². The number of hydrogen-bond donors (Lipinski definition) is 1. The third kappa shape index (κ3) is 5.02. The van der Waals surface area contributed by atoms with Crippen molar-refractivity contribution in [2.45, 2.75) is 24.8 Å². The van der Waals surface area contributed by atoms with Crippen molar-refractivity contribution in [3.05, 3.63) is 58.8 Å². The minimum absolute atomic E-state index is 0.127. The van der Waals surface area contributed by atoms with Crippen LogP contribution in [0.3, 0.4) is 0 Å². The van der Waals surface area contributed by atoms with E-state index in [1.54, 1.807) is 25.1 Å². The second-order valence-corrected chi connectivity index (χ2v) is 7.40. The fourth-order valence-corrected chi connectivity index (χ4v) is 3.32. The van der Waals surface area contributed by atoms with Crippen LogP contribution in [-0.4, -0.2) is 36.2 Å². The van der Waals surface area contributed by atoms with E-state index in [0.29, 0.717) is 5.69 Å². The summed E-state index contributed by atoms with van der Waals surface area (Å²) in [5.74, 6) is -0.628. The van der Waals surface area contributed by atoms with Gasteiger partial charge in [-0.25, -0.2) is 13.4 Å². The predicted octanol–water partition coefficient (Wildman–Crippen LogP) is 0.532. The molecule has 24 heavy (non-hydrogen) atoms. The molecule has 0 aliphatic heterocycles. The monoisotopic (exact) mass is 349 g/mol. The zero-order valence-corrected chi connectivity index (χ0v) is 14.1. The average Bonchev–Trinajstić information content (AvgIpc) is 2.56. The summed E-state index contributed by atoms with van der Waals surface area (Å²) < 4.78 is 25.5. The van der Waals surface area contributed by atoms with Crippen LogP contribution in [0.2, 0.25) is 0 Å². The standard InChI is InChI=1S/C16H19N3O4S/c1-13-11-16(21)19(12-18-13)9-8-17-15(20)7-10-24(22,23)14-5-3-2-4-6-14/h2-6,11-12H,7-10H2,1H3,(H,17,20). The van der Waals surface area contributed by atoms with Crippen LogP contribution in [0.4, 0.5) is 0 Å². The van der Waals surface area contributed by atoms with Crippen LogP contribution in [0.1, 0.15) is 12.1 Å². The van der Waals surface area contributed by atoms with E-state index < -0.39 is 9.84 Å². The molecule has 1 aromatic carbocycles. The third-order valence-corrected chi connectivity index (χ3v) is 5.12. The number of sulfone groups is 1. The zero-order chi connectivity index (χ0) is 17.6. The Labute approximate surface area is 140 Å². The first-order valence-corrected chi connectivity index (χ1v) is 9.11. The second-order valence-electron chi connectivity index (χ2n) is 5.29. The van der Waals surface area contributed by atoms with Gasteiger partial charge in [-0.2, -0.15) is 0 Å². The number of nitrogens with zero attached hydrogens (tertiary/aromatic N) is 2. The maximum Gasteiger partial charge on any atom is 0.253 e. The maximum atomic E-state index is 12.1. The number of carbonyl (C=O) groups excluding carboxylic acids is 1. The van der Waals surface area contributed by atoms with Crippen molar-refractivity contribution in [2.75, 3.05) is 12.3 Å². The molecule has 8 heteroatoms. The normalized spacial score (nSPS) is 11.2. The Hall–Kier alpha value is -2.48. The molecule has 1 amide bonds. The van der Waals surface area contributed by atoms with Crippen molar-refractivity contribution in [3.8, 4) is 0 Å². The van der Waals surface area contributed by atoms with Crippen molar-refractivity contribution in [2.24, 2.45) is 0 Å². The molecule has 2 aromatic rings. The van der Waals surface area contributed by atoms with Gasteiger partial charge in [-0.15, -0.1) is 0 Å². The Morgan fingerprint density at radius 1 is 1.25 bits per heavy atom. The molecule has 0 spiro atoms. The number of benzene rings is 1. The Kier molecular flexibility index (Phi) is 5.86. The van der Waals surface area contributed by atoms with Crippen LogP contribution in [0.5, 0.6) is 0 Å². The van der Waals surface area contributed by atoms with Gasteiger partial charge in [0.2, 0.25) is 5.91 Å². The van der Waals surface area contributed by atoms with Gasteiger partial charge in [-0.05, 0) is 19.1 Å². The van der Waals surface area contributed by atoms with Gasteiger partial charge in [0, 0.05) is 31.3 Å². The first-order chi connectivity index (χ1) is 11.4. The van der Waals surface area contributed by atoms with Gasteiger partial charge >= 0.3 is 0 Å². The number of carbonyl (C=O) groups is 1. The van der Waals surface area contributed by atoms with Crippen molar-refractivity contribution in [1.29, 1.82) is 0 Å². The molecule has 128 valence electrons. The molecule has 0 saturated carbocycles. The topological polar surface area (TPSA) is 98.1 Å². The molecule has 7 nitrogen and oxygen atoms in total. The molecule has 0 bridgehead atoms. The van der Waals surface area contributed by atoms with E-state index in [1.165, 1.54) is 29.1 Å². The highest BCUT2D eigenvalue weighted by Gasteiger charge is 2.15. The van der Waals surface area contributed by atoms with Crippen LogP contribution in [-0.2, 0) is 21.2 Å². The molecule has 0 radical (unpaired) electrons. The molecule has 0 unspecified atom stereocenters. The number of aryl methyl sites for hydroxylation is 1. The highest BCUT2D eigenvalue weighted by Crippen LogP contribution is 2.10. The molecule has 0 fully saturated rings. The summed E-state index contributed by atoms with van der Waals surface area (Å²) in [7, 11) is -3.47. The number of rotatable bonds is 7. The largest absolute Gasteiger partial charge is 0.354 e.